The van der Waals surface area contributed by atoms with E-state index < -0.39 is 0 Å². The first-order valence-electron chi connectivity index (χ1n) is 5.96. The molecule has 1 saturated carbocycles. The Kier molecular flexibility index (Phi) is 6.80. The molecule has 16 heavy (non-hydrogen) atoms. The Hall–Kier alpha value is 0.284. The van der Waals surface area contributed by atoms with Gasteiger partial charge in [-0.05, 0) is 18.0 Å². The molecule has 1 N–H and O–H groups in total. The van der Waals surface area contributed by atoms with Crippen LogP contribution in [0, 0.1) is 12.8 Å². The molecule has 1 aliphatic rings. The van der Waals surface area contributed by atoms with Crippen molar-refractivity contribution >= 4 is 0 Å². The number of hydrogen-bond donors (Lipinski definition) is 1. The van der Waals surface area contributed by atoms with Gasteiger partial charge >= 0.3 is 32.7 Å². The second-order valence-corrected chi connectivity index (χ2v) is 4.52. The molecule has 0 amide bonds. The van der Waals surface area contributed by atoms with Crippen molar-refractivity contribution in [1.29, 1.82) is 0 Å². The molecule has 0 aromatic heterocycles. The largest absolute Gasteiger partial charge is 3.00 e. The summed E-state index contributed by atoms with van der Waals surface area (Å²) < 4.78 is 0. The summed E-state index contributed by atoms with van der Waals surface area (Å²) in [6.45, 7) is 5.21. The summed E-state index contributed by atoms with van der Waals surface area (Å²) in [4.78, 5) is 0. The minimum absolute atomic E-state index is 0. The molecule has 1 nitrogen and oxygen atoms in total. The van der Waals surface area contributed by atoms with Crippen LogP contribution in [0.4, 0.5) is 0 Å². The summed E-state index contributed by atoms with van der Waals surface area (Å²) in [6.07, 6.45) is 5.30. The second kappa shape index (κ2) is 7.58. The van der Waals surface area contributed by atoms with Gasteiger partial charge in [0.2, 0.25) is 0 Å². The van der Waals surface area contributed by atoms with E-state index in [2.05, 4.69) is 42.6 Å². The molecule has 1 aliphatic carbocycles. The maximum absolute atomic E-state index is 4.23. The summed E-state index contributed by atoms with van der Waals surface area (Å²) in [7, 11) is 0. The van der Waals surface area contributed by atoms with E-state index in [1.54, 1.807) is 0 Å². The van der Waals surface area contributed by atoms with Crippen LogP contribution in [0.3, 0.4) is 0 Å². The Bertz CT molecular complexity index is 286. The minimum Gasteiger partial charge on any atom is -0.339 e. The van der Waals surface area contributed by atoms with Crippen LogP contribution in [0.5, 0.6) is 0 Å². The molecule has 0 aliphatic heterocycles. The molecule has 0 saturated heterocycles. The maximum Gasteiger partial charge on any atom is 3.00 e. The molecule has 2 heteroatoms. The zero-order valence-electron chi connectivity index (χ0n) is 9.86. The van der Waals surface area contributed by atoms with Gasteiger partial charge in [0.15, 0.2) is 0 Å². The SMILES string of the molecule is [CH2-]C1CCCCC1NCc1ccccc1.[Y+3]. The summed E-state index contributed by atoms with van der Waals surface area (Å²) in [5, 5.41) is 3.63. The van der Waals surface area contributed by atoms with E-state index in [9.17, 15) is 0 Å². The first-order valence-corrected chi connectivity index (χ1v) is 5.96. The van der Waals surface area contributed by atoms with E-state index in [0.717, 1.165) is 6.54 Å². The van der Waals surface area contributed by atoms with Gasteiger partial charge in [-0.1, -0.05) is 49.6 Å². The van der Waals surface area contributed by atoms with Crippen molar-refractivity contribution in [3.63, 3.8) is 0 Å². The van der Waals surface area contributed by atoms with Crippen molar-refractivity contribution in [3.05, 3.63) is 42.8 Å². The Labute approximate surface area is 124 Å². The summed E-state index contributed by atoms with van der Waals surface area (Å²) in [5.41, 5.74) is 1.37. The number of nitrogens with one attached hydrogen (secondary N) is 1. The Balaban J connectivity index is 0.00000128. The van der Waals surface area contributed by atoms with Crippen LogP contribution in [0.1, 0.15) is 31.2 Å². The van der Waals surface area contributed by atoms with Gasteiger partial charge in [0.25, 0.3) is 0 Å². The number of rotatable bonds is 3. The van der Waals surface area contributed by atoms with Gasteiger partial charge in [-0.25, -0.2) is 0 Å². The van der Waals surface area contributed by atoms with Gasteiger partial charge in [0, 0.05) is 6.54 Å². The molecule has 82 valence electrons. The van der Waals surface area contributed by atoms with Crippen LogP contribution >= 0.6 is 0 Å². The molecule has 2 atom stereocenters. The third kappa shape index (κ3) is 4.27. The van der Waals surface area contributed by atoms with Crippen LogP contribution in [0.25, 0.3) is 0 Å². The standard InChI is InChI=1S/C14H20N.Y/c1-12-7-5-6-10-14(12)15-11-13-8-3-2-4-9-13;/h2-4,8-9,12,14-15H,1,5-7,10-11H2;/q-1;+3. The second-order valence-electron chi connectivity index (χ2n) is 4.52. The third-order valence-corrected chi connectivity index (χ3v) is 3.32. The van der Waals surface area contributed by atoms with Gasteiger partial charge in [-0.15, -0.1) is 0 Å². The van der Waals surface area contributed by atoms with E-state index in [-0.39, 0.29) is 32.7 Å². The summed E-state index contributed by atoms with van der Waals surface area (Å²) in [6, 6.07) is 11.2. The number of benzene rings is 1. The zero-order chi connectivity index (χ0) is 10.5. The summed E-state index contributed by atoms with van der Waals surface area (Å²) in [5.74, 6) is 0.600. The van der Waals surface area contributed by atoms with Crippen LogP contribution < -0.4 is 5.32 Å². The van der Waals surface area contributed by atoms with Crippen molar-refractivity contribution in [3.8, 4) is 0 Å². The maximum atomic E-state index is 4.23. The normalized spacial score (nSPS) is 24.8. The average molecular weight is 291 g/mol. The Morgan fingerprint density at radius 3 is 2.50 bits per heavy atom. The fourth-order valence-corrected chi connectivity index (χ4v) is 2.32. The first kappa shape index (κ1) is 14.3. The van der Waals surface area contributed by atoms with Crippen LogP contribution in [0.2, 0.25) is 0 Å². The minimum atomic E-state index is 0. The van der Waals surface area contributed by atoms with Crippen molar-refractivity contribution in [2.24, 2.45) is 5.92 Å². The fraction of sp³-hybridized carbons (Fsp3) is 0.500. The number of hydrogen-bond acceptors (Lipinski definition) is 1. The van der Waals surface area contributed by atoms with Gasteiger partial charge in [-0.2, -0.15) is 5.92 Å². The van der Waals surface area contributed by atoms with E-state index in [4.69, 9.17) is 0 Å². The quantitative estimate of drug-likeness (QED) is 0.844. The third-order valence-electron chi connectivity index (χ3n) is 3.32. The zero-order valence-corrected chi connectivity index (χ0v) is 12.7. The van der Waals surface area contributed by atoms with Crippen molar-refractivity contribution < 1.29 is 32.7 Å². The molecule has 0 heterocycles. The molecule has 1 aromatic carbocycles. The van der Waals surface area contributed by atoms with Gasteiger partial charge in [0.1, 0.15) is 0 Å². The molecule has 2 unspecified atom stereocenters. The summed E-state index contributed by atoms with van der Waals surface area (Å²) >= 11 is 0. The van der Waals surface area contributed by atoms with Gasteiger partial charge < -0.3 is 12.2 Å². The molecule has 2 rings (SSSR count). The molecular formula is C14H20NY+2. The first-order chi connectivity index (χ1) is 7.36. The van der Waals surface area contributed by atoms with Crippen molar-refractivity contribution in [2.75, 3.05) is 0 Å². The van der Waals surface area contributed by atoms with Crippen LogP contribution in [-0.2, 0) is 39.3 Å². The molecule has 0 spiro atoms. The fourth-order valence-electron chi connectivity index (χ4n) is 2.32. The molecule has 1 fully saturated rings. The average Bonchev–Trinajstić information content (AvgIpc) is 2.29. The molecule has 0 radical (unpaired) electrons. The smallest absolute Gasteiger partial charge is 0.339 e. The Morgan fingerprint density at radius 1 is 1.12 bits per heavy atom. The monoisotopic (exact) mass is 291 g/mol. The van der Waals surface area contributed by atoms with E-state index in [1.807, 2.05) is 0 Å². The van der Waals surface area contributed by atoms with Crippen LogP contribution in [-0.4, -0.2) is 6.04 Å². The van der Waals surface area contributed by atoms with Crippen molar-refractivity contribution in [2.45, 2.75) is 38.3 Å². The van der Waals surface area contributed by atoms with E-state index in [1.165, 1.54) is 31.2 Å². The van der Waals surface area contributed by atoms with E-state index in [0.29, 0.717) is 12.0 Å². The van der Waals surface area contributed by atoms with Gasteiger partial charge in [0.05, 0.1) is 0 Å². The Morgan fingerprint density at radius 2 is 1.81 bits per heavy atom. The van der Waals surface area contributed by atoms with Crippen molar-refractivity contribution in [1.82, 2.24) is 5.32 Å². The van der Waals surface area contributed by atoms with E-state index >= 15 is 0 Å². The predicted molar refractivity (Wildman–Crippen MR) is 64.4 cm³/mol. The van der Waals surface area contributed by atoms with Gasteiger partial charge in [-0.3, -0.25) is 0 Å². The molecule has 0 bridgehead atoms. The molecular weight excluding hydrogens is 271 g/mol. The predicted octanol–water partition coefficient (Wildman–Crippen LogP) is 3.17. The van der Waals surface area contributed by atoms with Crippen LogP contribution in [0.15, 0.2) is 30.3 Å². The topological polar surface area (TPSA) is 12.0 Å². The molecule has 1 aromatic rings.